The summed E-state index contributed by atoms with van der Waals surface area (Å²) in [6.07, 6.45) is 8.52. The molecule has 4 heteroatoms. The highest BCUT2D eigenvalue weighted by atomic mass is 16.7. The van der Waals surface area contributed by atoms with E-state index in [0.29, 0.717) is 6.04 Å². The van der Waals surface area contributed by atoms with E-state index in [1.54, 1.807) is 0 Å². The molecule has 0 unspecified atom stereocenters. The Morgan fingerprint density at radius 1 is 1.06 bits per heavy atom. The van der Waals surface area contributed by atoms with Gasteiger partial charge in [0.2, 0.25) is 0 Å². The van der Waals surface area contributed by atoms with Crippen LogP contribution in [0.25, 0.3) is 0 Å². The van der Waals surface area contributed by atoms with E-state index >= 15 is 0 Å². The lowest BCUT2D eigenvalue weighted by molar-refractivity contribution is -0.0533. The maximum Gasteiger partial charge on any atom is 0.338 e. The normalized spacial score (nSPS) is 19.2. The zero-order valence-electron chi connectivity index (χ0n) is 11.3. The fourth-order valence-electron chi connectivity index (χ4n) is 2.01. The van der Waals surface area contributed by atoms with E-state index in [1.165, 1.54) is 32.1 Å². The number of carbonyl (C=O) groups excluding carboxylic acids is 1. The Labute approximate surface area is 104 Å². The number of rotatable bonds is 2. The van der Waals surface area contributed by atoms with Gasteiger partial charge in [-0.2, -0.15) is 0 Å². The van der Waals surface area contributed by atoms with Gasteiger partial charge in [-0.05, 0) is 33.6 Å². The number of carbonyl (C=O) groups is 1. The molecule has 0 radical (unpaired) electrons. The van der Waals surface area contributed by atoms with Crippen LogP contribution in [0.4, 0.5) is 4.79 Å². The van der Waals surface area contributed by atoms with Crippen LogP contribution in [-0.2, 0) is 4.84 Å². The van der Waals surface area contributed by atoms with Gasteiger partial charge in [0, 0.05) is 6.04 Å². The molecule has 1 aliphatic carbocycles. The Bertz CT molecular complexity index is 228. The molecule has 1 rings (SSSR count). The Hall–Kier alpha value is -0.770. The van der Waals surface area contributed by atoms with Crippen LogP contribution in [0.1, 0.15) is 65.7 Å². The summed E-state index contributed by atoms with van der Waals surface area (Å²) in [5.74, 6) is 0. The molecule has 0 aromatic carbocycles. The van der Waals surface area contributed by atoms with Gasteiger partial charge in [0.1, 0.15) is 0 Å². The first-order valence-electron chi connectivity index (χ1n) is 6.72. The number of hydrogen-bond acceptors (Lipinski definition) is 2. The van der Waals surface area contributed by atoms with Crippen LogP contribution < -0.4 is 10.8 Å². The van der Waals surface area contributed by atoms with E-state index in [4.69, 9.17) is 4.84 Å². The Kier molecular flexibility index (Phi) is 5.75. The summed E-state index contributed by atoms with van der Waals surface area (Å²) in [7, 11) is 0. The van der Waals surface area contributed by atoms with Crippen molar-refractivity contribution in [3.63, 3.8) is 0 Å². The molecule has 0 spiro atoms. The smallest absolute Gasteiger partial charge is 0.334 e. The standard InChI is InChI=1S/C13H26N2O2/c1-13(2,3)17-15-12(16)14-11-9-7-5-4-6-8-10-11/h11H,4-10H2,1-3H3,(H2,14,15,16). The van der Waals surface area contributed by atoms with Crippen molar-refractivity contribution in [2.45, 2.75) is 77.4 Å². The van der Waals surface area contributed by atoms with Crippen LogP contribution in [-0.4, -0.2) is 17.7 Å². The highest BCUT2D eigenvalue weighted by Gasteiger charge is 2.16. The van der Waals surface area contributed by atoms with Crippen LogP contribution in [0, 0.1) is 0 Å². The molecule has 0 saturated heterocycles. The van der Waals surface area contributed by atoms with Gasteiger partial charge in [-0.25, -0.2) is 10.3 Å². The molecule has 4 nitrogen and oxygen atoms in total. The van der Waals surface area contributed by atoms with Gasteiger partial charge >= 0.3 is 6.03 Å². The number of amides is 2. The molecule has 1 saturated carbocycles. The summed E-state index contributed by atoms with van der Waals surface area (Å²) in [4.78, 5) is 16.8. The van der Waals surface area contributed by atoms with Crippen LogP contribution in [0.2, 0.25) is 0 Å². The molecular weight excluding hydrogens is 216 g/mol. The maximum atomic E-state index is 11.6. The quantitative estimate of drug-likeness (QED) is 0.731. The average molecular weight is 242 g/mol. The van der Waals surface area contributed by atoms with Crippen molar-refractivity contribution in [1.29, 1.82) is 0 Å². The zero-order valence-corrected chi connectivity index (χ0v) is 11.3. The summed E-state index contributed by atoms with van der Waals surface area (Å²) in [5, 5.41) is 2.98. The number of nitrogens with one attached hydrogen (secondary N) is 2. The first-order chi connectivity index (χ1) is 7.97. The summed E-state index contributed by atoms with van der Waals surface area (Å²) < 4.78 is 0. The van der Waals surface area contributed by atoms with Crippen LogP contribution in [0.3, 0.4) is 0 Å². The van der Waals surface area contributed by atoms with E-state index in [0.717, 1.165) is 12.8 Å². The van der Waals surface area contributed by atoms with Crippen molar-refractivity contribution in [1.82, 2.24) is 10.8 Å². The van der Waals surface area contributed by atoms with Gasteiger partial charge in [0.25, 0.3) is 0 Å². The maximum absolute atomic E-state index is 11.6. The third kappa shape index (κ3) is 7.21. The highest BCUT2D eigenvalue weighted by Crippen LogP contribution is 2.16. The van der Waals surface area contributed by atoms with Crippen LogP contribution in [0.15, 0.2) is 0 Å². The molecule has 0 atom stereocenters. The summed E-state index contributed by atoms with van der Waals surface area (Å²) >= 11 is 0. The summed E-state index contributed by atoms with van der Waals surface area (Å²) in [6.45, 7) is 5.72. The van der Waals surface area contributed by atoms with Gasteiger partial charge < -0.3 is 5.32 Å². The fraction of sp³-hybridized carbons (Fsp3) is 0.923. The fourth-order valence-corrected chi connectivity index (χ4v) is 2.01. The third-order valence-electron chi connectivity index (χ3n) is 2.89. The zero-order chi connectivity index (χ0) is 12.7. The Balaban J connectivity index is 2.23. The van der Waals surface area contributed by atoms with E-state index < -0.39 is 0 Å². The van der Waals surface area contributed by atoms with E-state index in [9.17, 15) is 4.79 Å². The first kappa shape index (κ1) is 14.3. The average Bonchev–Trinajstić information content (AvgIpc) is 2.18. The van der Waals surface area contributed by atoms with Crippen molar-refractivity contribution < 1.29 is 9.63 Å². The van der Waals surface area contributed by atoms with E-state index in [-0.39, 0.29) is 11.6 Å². The molecule has 0 bridgehead atoms. The molecule has 2 amide bonds. The lowest BCUT2D eigenvalue weighted by Gasteiger charge is -2.23. The van der Waals surface area contributed by atoms with Crippen molar-refractivity contribution in [3.05, 3.63) is 0 Å². The second kappa shape index (κ2) is 6.84. The number of urea groups is 1. The Morgan fingerprint density at radius 2 is 1.59 bits per heavy atom. The van der Waals surface area contributed by atoms with E-state index in [1.807, 2.05) is 20.8 Å². The largest absolute Gasteiger partial charge is 0.338 e. The number of hydrogen-bond donors (Lipinski definition) is 2. The minimum Gasteiger partial charge on any atom is -0.334 e. The van der Waals surface area contributed by atoms with Crippen molar-refractivity contribution in [2.75, 3.05) is 0 Å². The van der Waals surface area contributed by atoms with Gasteiger partial charge in [-0.3, -0.25) is 4.84 Å². The molecule has 100 valence electrons. The predicted octanol–water partition coefficient (Wildman–Crippen LogP) is 3.13. The molecule has 2 N–H and O–H groups in total. The summed E-state index contributed by atoms with van der Waals surface area (Å²) in [6, 6.07) is 0.0874. The molecule has 1 fully saturated rings. The van der Waals surface area contributed by atoms with Crippen molar-refractivity contribution in [3.8, 4) is 0 Å². The summed E-state index contributed by atoms with van der Waals surface area (Å²) in [5.41, 5.74) is 2.11. The Morgan fingerprint density at radius 3 is 2.12 bits per heavy atom. The SMILES string of the molecule is CC(C)(C)ONC(=O)NC1CCCCCCC1. The monoisotopic (exact) mass is 242 g/mol. The first-order valence-corrected chi connectivity index (χ1v) is 6.72. The molecule has 0 aromatic heterocycles. The van der Waals surface area contributed by atoms with Gasteiger partial charge in [0.05, 0.1) is 5.60 Å². The number of hydroxylamine groups is 1. The van der Waals surface area contributed by atoms with Gasteiger partial charge in [-0.1, -0.05) is 32.1 Å². The van der Waals surface area contributed by atoms with Crippen LogP contribution in [0.5, 0.6) is 0 Å². The topological polar surface area (TPSA) is 50.4 Å². The van der Waals surface area contributed by atoms with E-state index in [2.05, 4.69) is 10.8 Å². The predicted molar refractivity (Wildman–Crippen MR) is 68.6 cm³/mol. The lowest BCUT2D eigenvalue weighted by Crippen LogP contribution is -2.44. The second-order valence-corrected chi connectivity index (χ2v) is 5.83. The van der Waals surface area contributed by atoms with Gasteiger partial charge in [-0.15, -0.1) is 0 Å². The molecular formula is C13H26N2O2. The second-order valence-electron chi connectivity index (χ2n) is 5.83. The molecule has 0 heterocycles. The molecule has 0 aromatic rings. The third-order valence-corrected chi connectivity index (χ3v) is 2.89. The minimum atomic E-state index is -0.349. The van der Waals surface area contributed by atoms with Crippen LogP contribution >= 0.6 is 0 Å². The molecule has 1 aliphatic rings. The minimum absolute atomic E-state index is 0.217. The molecule has 17 heavy (non-hydrogen) atoms. The van der Waals surface area contributed by atoms with Gasteiger partial charge in [0.15, 0.2) is 0 Å². The highest BCUT2D eigenvalue weighted by molar-refractivity contribution is 5.73. The van der Waals surface area contributed by atoms with Crippen molar-refractivity contribution >= 4 is 6.03 Å². The van der Waals surface area contributed by atoms with Crippen molar-refractivity contribution in [2.24, 2.45) is 0 Å². The molecule has 0 aliphatic heterocycles. The lowest BCUT2D eigenvalue weighted by atomic mass is 9.97.